The maximum Gasteiger partial charge on any atom is 0.141 e. The third-order valence-corrected chi connectivity index (χ3v) is 7.84. The monoisotopic (exact) mass is 177 g/mol. The van der Waals surface area contributed by atoms with Crippen molar-refractivity contribution >= 4 is 16.5 Å². The maximum absolute atomic E-state index is 9.68. The van der Waals surface area contributed by atoms with Gasteiger partial charge >= 0.3 is 0 Å². The normalized spacial score (nSPS) is 14.4. The van der Waals surface area contributed by atoms with E-state index in [4.69, 9.17) is 0 Å². The van der Waals surface area contributed by atoms with E-state index in [2.05, 4.69) is 39.3 Å². The predicted molar refractivity (Wildman–Crippen MR) is 50.3 cm³/mol. The SMILES string of the molecule is C[Si](C)(C)N(O)[Si](C)(C)C. The van der Waals surface area contributed by atoms with Gasteiger partial charge in [-0.2, -0.15) is 0 Å². The summed E-state index contributed by atoms with van der Waals surface area (Å²) < 4.78 is 1.65. The molecule has 0 spiro atoms. The molecule has 0 aromatic heterocycles. The van der Waals surface area contributed by atoms with Gasteiger partial charge in [-0.15, -0.1) is 0 Å². The van der Waals surface area contributed by atoms with Gasteiger partial charge in [0, 0.05) is 0 Å². The quantitative estimate of drug-likeness (QED) is 0.517. The van der Waals surface area contributed by atoms with E-state index in [1.807, 2.05) is 0 Å². The van der Waals surface area contributed by atoms with Crippen LogP contribution in [0.15, 0.2) is 0 Å². The van der Waals surface area contributed by atoms with Gasteiger partial charge in [0.25, 0.3) is 0 Å². The molecule has 0 rings (SSSR count). The molecule has 4 heteroatoms. The molecule has 0 atom stereocenters. The van der Waals surface area contributed by atoms with Gasteiger partial charge < -0.3 is 5.21 Å². The van der Waals surface area contributed by atoms with Crippen LogP contribution in [0.4, 0.5) is 0 Å². The minimum atomic E-state index is -1.45. The summed E-state index contributed by atoms with van der Waals surface area (Å²) in [6, 6.07) is 0. The van der Waals surface area contributed by atoms with Crippen molar-refractivity contribution in [3.63, 3.8) is 0 Å². The van der Waals surface area contributed by atoms with Crippen molar-refractivity contribution < 1.29 is 5.21 Å². The Morgan fingerprint density at radius 2 is 1.00 bits per heavy atom. The molecule has 0 aliphatic heterocycles. The van der Waals surface area contributed by atoms with Gasteiger partial charge in [-0.25, -0.2) is 4.39 Å². The highest BCUT2D eigenvalue weighted by molar-refractivity contribution is 6.88. The summed E-state index contributed by atoms with van der Waals surface area (Å²) in [4.78, 5) is 0. The van der Waals surface area contributed by atoms with Crippen molar-refractivity contribution in [2.24, 2.45) is 0 Å². The summed E-state index contributed by atoms with van der Waals surface area (Å²) in [5, 5.41) is 9.68. The van der Waals surface area contributed by atoms with Crippen molar-refractivity contribution in [2.75, 3.05) is 0 Å². The summed E-state index contributed by atoms with van der Waals surface area (Å²) in [6.07, 6.45) is 0. The van der Waals surface area contributed by atoms with E-state index in [0.29, 0.717) is 0 Å². The van der Waals surface area contributed by atoms with Crippen LogP contribution < -0.4 is 0 Å². The summed E-state index contributed by atoms with van der Waals surface area (Å²) in [5.41, 5.74) is 0. The lowest BCUT2D eigenvalue weighted by molar-refractivity contribution is 0.0710. The molecule has 0 bridgehead atoms. The van der Waals surface area contributed by atoms with Gasteiger partial charge in [-0.3, -0.25) is 0 Å². The van der Waals surface area contributed by atoms with Gasteiger partial charge in [0.1, 0.15) is 16.5 Å². The molecule has 1 N–H and O–H groups in total. The molecule has 0 fully saturated rings. The fourth-order valence-electron chi connectivity index (χ4n) is 1.01. The Morgan fingerprint density at radius 3 is 1.00 bits per heavy atom. The van der Waals surface area contributed by atoms with E-state index in [1.165, 1.54) is 0 Å². The highest BCUT2D eigenvalue weighted by atomic mass is 28.4. The van der Waals surface area contributed by atoms with Crippen LogP contribution in [0.1, 0.15) is 0 Å². The summed E-state index contributed by atoms with van der Waals surface area (Å²) >= 11 is 0. The van der Waals surface area contributed by atoms with Gasteiger partial charge in [-0.05, 0) is 0 Å². The molecular weight excluding hydrogens is 158 g/mol. The molecule has 0 saturated carbocycles. The van der Waals surface area contributed by atoms with Gasteiger partial charge in [0.2, 0.25) is 0 Å². The average molecular weight is 177 g/mol. The predicted octanol–water partition coefficient (Wildman–Crippen LogP) is 2.35. The first-order valence-electron chi connectivity index (χ1n) is 3.65. The van der Waals surface area contributed by atoms with Gasteiger partial charge in [0.05, 0.1) is 0 Å². The molecule has 0 aliphatic rings. The first-order chi connectivity index (χ1) is 4.15. The number of nitrogens with zero attached hydrogens (tertiary/aromatic N) is 1. The Kier molecular flexibility index (Phi) is 2.87. The fourth-order valence-corrected chi connectivity index (χ4v) is 9.06. The van der Waals surface area contributed by atoms with Crippen LogP contribution in [0.5, 0.6) is 0 Å². The Balaban J connectivity index is 4.23. The highest BCUT2D eigenvalue weighted by Gasteiger charge is 2.33. The van der Waals surface area contributed by atoms with E-state index in [1.54, 1.807) is 4.39 Å². The topological polar surface area (TPSA) is 23.5 Å². The van der Waals surface area contributed by atoms with Crippen molar-refractivity contribution in [2.45, 2.75) is 39.3 Å². The smallest absolute Gasteiger partial charge is 0.141 e. The Morgan fingerprint density at radius 1 is 0.800 bits per heavy atom. The van der Waals surface area contributed by atoms with Crippen molar-refractivity contribution in [3.8, 4) is 0 Å². The Hall–Kier alpha value is 0.354. The van der Waals surface area contributed by atoms with E-state index in [0.717, 1.165) is 0 Å². The number of hydrogen-bond acceptors (Lipinski definition) is 2. The first kappa shape index (κ1) is 10.4. The minimum Gasteiger partial charge on any atom is -0.328 e. The van der Waals surface area contributed by atoms with Crippen LogP contribution in [0.25, 0.3) is 0 Å². The number of hydrogen-bond donors (Lipinski definition) is 1. The molecule has 0 unspecified atom stereocenters. The second kappa shape index (κ2) is 2.77. The average Bonchev–Trinajstić information content (AvgIpc) is 1.59. The molecule has 0 aromatic carbocycles. The van der Waals surface area contributed by atoms with Gasteiger partial charge in [-0.1, -0.05) is 39.3 Å². The molecule has 0 heterocycles. The van der Waals surface area contributed by atoms with Crippen molar-refractivity contribution in [1.82, 2.24) is 4.39 Å². The summed E-state index contributed by atoms with van der Waals surface area (Å²) in [7, 11) is -2.89. The molecule has 10 heavy (non-hydrogen) atoms. The minimum absolute atomic E-state index is 1.45. The van der Waals surface area contributed by atoms with E-state index in [-0.39, 0.29) is 0 Å². The standard InChI is InChI=1S/C6H19NOSi2/c1-9(2,3)7(8)10(4,5)6/h8H,1-6H3. The molecule has 0 saturated heterocycles. The Bertz CT molecular complexity index is 99.9. The van der Waals surface area contributed by atoms with E-state index in [9.17, 15) is 5.21 Å². The van der Waals surface area contributed by atoms with Crippen LogP contribution in [-0.4, -0.2) is 26.1 Å². The third kappa shape index (κ3) is 2.96. The summed E-state index contributed by atoms with van der Waals surface area (Å²) in [6.45, 7) is 12.9. The lowest BCUT2D eigenvalue weighted by Crippen LogP contribution is -2.56. The zero-order valence-electron chi connectivity index (χ0n) is 7.89. The van der Waals surface area contributed by atoms with E-state index < -0.39 is 16.5 Å². The first-order valence-corrected chi connectivity index (χ1v) is 10.5. The Labute approximate surface area is 66.0 Å². The van der Waals surface area contributed by atoms with Crippen LogP contribution in [-0.2, 0) is 0 Å². The molecule has 62 valence electrons. The van der Waals surface area contributed by atoms with Crippen molar-refractivity contribution in [3.05, 3.63) is 0 Å². The van der Waals surface area contributed by atoms with Gasteiger partial charge in [0.15, 0.2) is 0 Å². The van der Waals surface area contributed by atoms with Crippen LogP contribution in [0.3, 0.4) is 0 Å². The zero-order chi connectivity index (χ0) is 8.58. The molecule has 0 aliphatic carbocycles. The van der Waals surface area contributed by atoms with Crippen molar-refractivity contribution in [1.29, 1.82) is 0 Å². The fraction of sp³-hybridized carbons (Fsp3) is 1.00. The largest absolute Gasteiger partial charge is 0.328 e. The van der Waals surface area contributed by atoms with Crippen LogP contribution in [0, 0.1) is 0 Å². The second-order valence-corrected chi connectivity index (χ2v) is 14.6. The van der Waals surface area contributed by atoms with E-state index >= 15 is 0 Å². The maximum atomic E-state index is 9.68. The molecule has 0 amide bonds. The third-order valence-electron chi connectivity index (χ3n) is 1.27. The highest BCUT2D eigenvalue weighted by Crippen LogP contribution is 2.15. The van der Waals surface area contributed by atoms with Crippen LogP contribution in [0.2, 0.25) is 39.3 Å². The lowest BCUT2D eigenvalue weighted by Gasteiger charge is -2.37. The lowest BCUT2D eigenvalue weighted by atomic mass is 11.8. The molecule has 0 radical (unpaired) electrons. The second-order valence-electron chi connectivity index (χ2n) is 4.65. The number of rotatable bonds is 2. The molecule has 0 aromatic rings. The van der Waals surface area contributed by atoms with Crippen LogP contribution >= 0.6 is 0 Å². The summed E-state index contributed by atoms with van der Waals surface area (Å²) in [5.74, 6) is 0. The zero-order valence-corrected chi connectivity index (χ0v) is 9.89. The molecular formula is C6H19NOSi2. The molecule has 2 nitrogen and oxygen atoms in total.